The molecule has 1 spiro atoms. The fourth-order valence-corrected chi connectivity index (χ4v) is 2.32. The monoisotopic (exact) mass is 205 g/mol. The number of hydrogen-bond donors (Lipinski definition) is 1. The van der Waals surface area contributed by atoms with Crippen molar-refractivity contribution in [3.05, 3.63) is 30.1 Å². The first-order chi connectivity index (χ1) is 7.29. The van der Waals surface area contributed by atoms with Gasteiger partial charge in [-0.25, -0.2) is 0 Å². The molecule has 1 aromatic heterocycles. The molecule has 15 heavy (non-hydrogen) atoms. The maximum atomic E-state index is 10.1. The Morgan fingerprint density at radius 3 is 2.87 bits per heavy atom. The molecule has 1 saturated heterocycles. The molecule has 0 bridgehead atoms. The van der Waals surface area contributed by atoms with Crippen LogP contribution in [0.3, 0.4) is 0 Å². The van der Waals surface area contributed by atoms with Gasteiger partial charge in [-0.05, 0) is 37.8 Å². The van der Waals surface area contributed by atoms with E-state index < -0.39 is 6.10 Å². The number of nitrogens with zero attached hydrogens (tertiary/aromatic N) is 1. The van der Waals surface area contributed by atoms with Crippen LogP contribution >= 0.6 is 0 Å². The third-order valence-electron chi connectivity index (χ3n) is 3.44. The van der Waals surface area contributed by atoms with Gasteiger partial charge in [-0.3, -0.25) is 4.98 Å². The molecule has 1 aliphatic carbocycles. The van der Waals surface area contributed by atoms with Gasteiger partial charge in [0.1, 0.15) is 6.10 Å². The van der Waals surface area contributed by atoms with Crippen molar-refractivity contribution in [2.24, 2.45) is 0 Å². The van der Waals surface area contributed by atoms with E-state index in [1.807, 2.05) is 18.2 Å². The number of aliphatic hydroxyl groups is 1. The molecule has 1 saturated carbocycles. The number of ether oxygens (including phenoxy) is 1. The number of hydrogen-bond acceptors (Lipinski definition) is 3. The van der Waals surface area contributed by atoms with Crippen molar-refractivity contribution in [1.29, 1.82) is 0 Å². The number of rotatable bonds is 2. The molecule has 1 N–H and O–H groups in total. The van der Waals surface area contributed by atoms with Gasteiger partial charge in [-0.1, -0.05) is 6.07 Å². The average Bonchev–Trinajstić information content (AvgIpc) is 2.90. The van der Waals surface area contributed by atoms with E-state index >= 15 is 0 Å². The second kappa shape index (κ2) is 3.29. The van der Waals surface area contributed by atoms with E-state index in [-0.39, 0.29) is 11.7 Å². The molecular weight excluding hydrogens is 190 g/mol. The lowest BCUT2D eigenvalue weighted by Crippen LogP contribution is -2.20. The van der Waals surface area contributed by atoms with Gasteiger partial charge in [0.2, 0.25) is 0 Å². The summed E-state index contributed by atoms with van der Waals surface area (Å²) in [6.45, 7) is 0. The molecule has 2 fully saturated rings. The van der Waals surface area contributed by atoms with Crippen molar-refractivity contribution in [2.45, 2.75) is 43.5 Å². The normalized spacial score (nSPS) is 29.3. The van der Waals surface area contributed by atoms with Crippen LogP contribution in [0.4, 0.5) is 0 Å². The van der Waals surface area contributed by atoms with Gasteiger partial charge in [-0.2, -0.15) is 0 Å². The highest BCUT2D eigenvalue weighted by Gasteiger charge is 2.51. The number of aliphatic hydroxyl groups excluding tert-OH is 1. The first kappa shape index (κ1) is 9.31. The highest BCUT2D eigenvalue weighted by Crippen LogP contribution is 2.51. The van der Waals surface area contributed by atoms with Gasteiger partial charge in [0.15, 0.2) is 0 Å². The number of pyridine rings is 1. The topological polar surface area (TPSA) is 42.4 Å². The van der Waals surface area contributed by atoms with Crippen molar-refractivity contribution in [3.63, 3.8) is 0 Å². The molecule has 0 radical (unpaired) electrons. The Kier molecular flexibility index (Phi) is 2.04. The maximum absolute atomic E-state index is 10.1. The van der Waals surface area contributed by atoms with Gasteiger partial charge in [0.05, 0.1) is 17.4 Å². The van der Waals surface area contributed by atoms with Crippen molar-refractivity contribution < 1.29 is 9.84 Å². The van der Waals surface area contributed by atoms with Crippen LogP contribution in [0.2, 0.25) is 0 Å². The predicted octanol–water partition coefficient (Wildman–Crippen LogP) is 1.83. The predicted molar refractivity (Wildman–Crippen MR) is 55.3 cm³/mol. The van der Waals surface area contributed by atoms with Gasteiger partial charge < -0.3 is 9.84 Å². The maximum Gasteiger partial charge on any atom is 0.122 e. The van der Waals surface area contributed by atoms with Crippen molar-refractivity contribution in [3.8, 4) is 0 Å². The minimum Gasteiger partial charge on any atom is -0.384 e. The molecule has 3 heteroatoms. The van der Waals surface area contributed by atoms with Crippen LogP contribution in [0.1, 0.15) is 37.5 Å². The summed E-state index contributed by atoms with van der Waals surface area (Å²) in [5.74, 6) is 0. The van der Waals surface area contributed by atoms with Crippen molar-refractivity contribution in [2.75, 3.05) is 0 Å². The fourth-order valence-electron chi connectivity index (χ4n) is 2.32. The molecule has 2 heterocycles. The average molecular weight is 205 g/mol. The lowest BCUT2D eigenvalue weighted by Gasteiger charge is -2.18. The smallest absolute Gasteiger partial charge is 0.122 e. The minimum atomic E-state index is -0.564. The first-order valence-electron chi connectivity index (χ1n) is 5.56. The summed E-state index contributed by atoms with van der Waals surface area (Å²) in [6, 6.07) is 5.60. The molecule has 80 valence electrons. The Bertz CT molecular complexity index is 348. The molecular formula is C12H15NO2. The summed E-state index contributed by atoms with van der Waals surface area (Å²) in [5, 5.41) is 10.1. The quantitative estimate of drug-likeness (QED) is 0.800. The van der Waals surface area contributed by atoms with E-state index in [4.69, 9.17) is 4.74 Å². The summed E-state index contributed by atoms with van der Waals surface area (Å²) < 4.78 is 5.89. The lowest BCUT2D eigenvalue weighted by molar-refractivity contribution is -0.0472. The Hall–Kier alpha value is -0.930. The molecule has 2 atom stereocenters. The summed E-state index contributed by atoms with van der Waals surface area (Å²) in [6.07, 6.45) is 5.48. The van der Waals surface area contributed by atoms with E-state index in [9.17, 15) is 5.11 Å². The van der Waals surface area contributed by atoms with Crippen LogP contribution in [0.5, 0.6) is 0 Å². The summed E-state index contributed by atoms with van der Waals surface area (Å²) in [4.78, 5) is 4.16. The van der Waals surface area contributed by atoms with Gasteiger partial charge in [-0.15, -0.1) is 0 Å². The zero-order valence-electron chi connectivity index (χ0n) is 8.60. The Morgan fingerprint density at radius 2 is 2.27 bits per heavy atom. The molecule has 3 nitrogen and oxygen atoms in total. The second-order valence-electron chi connectivity index (χ2n) is 4.58. The second-order valence-corrected chi connectivity index (χ2v) is 4.58. The van der Waals surface area contributed by atoms with Crippen LogP contribution in [-0.4, -0.2) is 21.8 Å². The molecule has 1 aromatic rings. The van der Waals surface area contributed by atoms with E-state index in [2.05, 4.69) is 4.98 Å². The fraction of sp³-hybridized carbons (Fsp3) is 0.583. The lowest BCUT2D eigenvalue weighted by atomic mass is 10.1. The van der Waals surface area contributed by atoms with Crippen molar-refractivity contribution >= 4 is 0 Å². The van der Waals surface area contributed by atoms with Crippen LogP contribution in [-0.2, 0) is 4.74 Å². The Labute approximate surface area is 89.1 Å². The van der Waals surface area contributed by atoms with Crippen LogP contribution in [0.15, 0.2) is 24.4 Å². The van der Waals surface area contributed by atoms with E-state index in [0.29, 0.717) is 0 Å². The molecule has 0 amide bonds. The SMILES string of the molecule is OC(c1ccccn1)C1CCC2(CC2)O1. The van der Waals surface area contributed by atoms with Crippen LogP contribution in [0, 0.1) is 0 Å². The van der Waals surface area contributed by atoms with E-state index in [0.717, 1.165) is 18.5 Å². The third kappa shape index (κ3) is 1.66. The zero-order valence-corrected chi connectivity index (χ0v) is 8.60. The zero-order chi connectivity index (χ0) is 10.3. The Balaban J connectivity index is 1.73. The summed E-state index contributed by atoms with van der Waals surface area (Å²) in [5.41, 5.74) is 0.862. The first-order valence-corrected chi connectivity index (χ1v) is 5.56. The van der Waals surface area contributed by atoms with Crippen LogP contribution in [0.25, 0.3) is 0 Å². The van der Waals surface area contributed by atoms with Gasteiger partial charge in [0.25, 0.3) is 0 Å². The van der Waals surface area contributed by atoms with E-state index in [1.54, 1.807) is 6.20 Å². The highest BCUT2D eigenvalue weighted by atomic mass is 16.5. The highest BCUT2D eigenvalue weighted by molar-refractivity contribution is 5.11. The standard InChI is InChI=1S/C12H15NO2/c14-11(9-3-1-2-8-13-9)10-4-5-12(15-10)6-7-12/h1-3,8,10-11,14H,4-7H2. The molecule has 2 aliphatic rings. The molecule has 3 rings (SSSR count). The summed E-state index contributed by atoms with van der Waals surface area (Å²) >= 11 is 0. The van der Waals surface area contributed by atoms with Gasteiger partial charge >= 0.3 is 0 Å². The molecule has 1 aliphatic heterocycles. The molecule has 2 unspecified atom stereocenters. The summed E-state index contributed by atoms with van der Waals surface area (Å²) in [7, 11) is 0. The molecule has 0 aromatic carbocycles. The van der Waals surface area contributed by atoms with E-state index in [1.165, 1.54) is 12.8 Å². The Morgan fingerprint density at radius 1 is 1.40 bits per heavy atom. The van der Waals surface area contributed by atoms with Crippen LogP contribution < -0.4 is 0 Å². The largest absolute Gasteiger partial charge is 0.384 e. The minimum absolute atomic E-state index is 0.0533. The van der Waals surface area contributed by atoms with Crippen molar-refractivity contribution in [1.82, 2.24) is 4.98 Å². The van der Waals surface area contributed by atoms with Gasteiger partial charge in [0, 0.05) is 6.20 Å². The third-order valence-corrected chi connectivity index (χ3v) is 3.44. The number of aromatic nitrogens is 1.